The summed E-state index contributed by atoms with van der Waals surface area (Å²) in [5, 5.41) is 9.38. The van der Waals surface area contributed by atoms with E-state index in [0.29, 0.717) is 17.4 Å². The van der Waals surface area contributed by atoms with Crippen LogP contribution in [0.15, 0.2) is 18.2 Å². The van der Waals surface area contributed by atoms with Crippen LogP contribution in [0.4, 0.5) is 4.39 Å². The number of rotatable bonds is 3. The first-order chi connectivity index (χ1) is 6.15. The highest BCUT2D eigenvalue weighted by Crippen LogP contribution is 2.18. The summed E-state index contributed by atoms with van der Waals surface area (Å²) in [6.45, 7) is 1.62. The fraction of sp³-hybridized carbons (Fsp3) is 0.300. The molecule has 0 bridgehead atoms. The van der Waals surface area contributed by atoms with Gasteiger partial charge in [0.15, 0.2) is 0 Å². The van der Waals surface area contributed by atoms with Gasteiger partial charge < -0.3 is 9.90 Å². The molecule has 70 valence electrons. The summed E-state index contributed by atoms with van der Waals surface area (Å²) >= 11 is 0. The molecule has 0 heterocycles. The number of hydrogen-bond donors (Lipinski definition) is 1. The molecule has 2 nitrogen and oxygen atoms in total. The van der Waals surface area contributed by atoms with Gasteiger partial charge in [-0.3, -0.25) is 0 Å². The van der Waals surface area contributed by atoms with E-state index < -0.39 is 6.10 Å². The summed E-state index contributed by atoms with van der Waals surface area (Å²) in [7, 11) is 0. The molecular weight excluding hydrogens is 171 g/mol. The van der Waals surface area contributed by atoms with Gasteiger partial charge in [0, 0.05) is 6.42 Å². The van der Waals surface area contributed by atoms with Gasteiger partial charge >= 0.3 is 0 Å². The molecule has 1 unspecified atom stereocenters. The lowest BCUT2D eigenvalue weighted by molar-refractivity contribution is -0.109. The molecule has 1 aromatic rings. The van der Waals surface area contributed by atoms with Crippen LogP contribution in [0.3, 0.4) is 0 Å². The monoisotopic (exact) mass is 182 g/mol. The third-order valence-corrected chi connectivity index (χ3v) is 1.89. The number of hydrogen-bond acceptors (Lipinski definition) is 2. The summed E-state index contributed by atoms with van der Waals surface area (Å²) in [6, 6.07) is 4.32. The van der Waals surface area contributed by atoms with E-state index in [4.69, 9.17) is 0 Å². The van der Waals surface area contributed by atoms with Crippen LogP contribution in [0.25, 0.3) is 0 Å². The van der Waals surface area contributed by atoms with Crippen LogP contribution in [0, 0.1) is 12.7 Å². The first kappa shape index (κ1) is 9.86. The Balaban J connectivity index is 2.89. The molecular formula is C10H11FO2. The molecule has 0 aromatic heterocycles. The Kier molecular flexibility index (Phi) is 3.14. The minimum atomic E-state index is -0.822. The van der Waals surface area contributed by atoms with Crippen LogP contribution in [-0.4, -0.2) is 11.4 Å². The second-order valence-corrected chi connectivity index (χ2v) is 2.93. The normalized spacial score (nSPS) is 12.5. The lowest BCUT2D eigenvalue weighted by atomic mass is 10.0. The van der Waals surface area contributed by atoms with E-state index in [-0.39, 0.29) is 12.2 Å². The van der Waals surface area contributed by atoms with Crippen molar-refractivity contribution in [3.05, 3.63) is 35.1 Å². The average Bonchev–Trinajstić information content (AvgIpc) is 2.10. The Hall–Kier alpha value is -1.22. The predicted molar refractivity (Wildman–Crippen MR) is 46.8 cm³/mol. The van der Waals surface area contributed by atoms with Crippen molar-refractivity contribution in [1.82, 2.24) is 0 Å². The highest BCUT2D eigenvalue weighted by Gasteiger charge is 2.07. The predicted octanol–water partition coefficient (Wildman–Crippen LogP) is 1.76. The molecule has 1 N–H and O–H groups in total. The Morgan fingerprint density at radius 3 is 2.85 bits per heavy atom. The van der Waals surface area contributed by atoms with E-state index in [1.54, 1.807) is 13.0 Å². The molecule has 1 aromatic carbocycles. The van der Waals surface area contributed by atoms with E-state index in [9.17, 15) is 14.3 Å². The van der Waals surface area contributed by atoms with Crippen LogP contribution in [0.2, 0.25) is 0 Å². The van der Waals surface area contributed by atoms with Gasteiger partial charge in [-0.15, -0.1) is 0 Å². The number of halogens is 1. The van der Waals surface area contributed by atoms with Gasteiger partial charge in [0.1, 0.15) is 12.1 Å². The average molecular weight is 182 g/mol. The molecule has 0 saturated carbocycles. The lowest BCUT2D eigenvalue weighted by Crippen LogP contribution is -1.99. The molecule has 0 amide bonds. The van der Waals surface area contributed by atoms with E-state index in [1.807, 2.05) is 0 Å². The highest BCUT2D eigenvalue weighted by molar-refractivity contribution is 5.51. The summed E-state index contributed by atoms with van der Waals surface area (Å²) < 4.78 is 12.8. The highest BCUT2D eigenvalue weighted by atomic mass is 19.1. The standard InChI is InChI=1S/C10H11FO2/c1-7-6-8(2-3-9(7)11)10(13)4-5-12/h2-3,5-6,10,13H,4H2,1H3. The number of aryl methyl sites for hydroxylation is 1. The molecule has 0 aliphatic carbocycles. The fourth-order valence-corrected chi connectivity index (χ4v) is 1.10. The number of aliphatic hydroxyl groups is 1. The van der Waals surface area contributed by atoms with Gasteiger partial charge in [-0.25, -0.2) is 4.39 Å². The lowest BCUT2D eigenvalue weighted by Gasteiger charge is -2.08. The molecule has 0 radical (unpaired) electrons. The van der Waals surface area contributed by atoms with Crippen LogP contribution in [-0.2, 0) is 4.79 Å². The van der Waals surface area contributed by atoms with E-state index in [2.05, 4.69) is 0 Å². The SMILES string of the molecule is Cc1cc(C(O)CC=O)ccc1F. The van der Waals surface area contributed by atoms with Crippen molar-refractivity contribution in [2.24, 2.45) is 0 Å². The van der Waals surface area contributed by atoms with Gasteiger partial charge in [0.2, 0.25) is 0 Å². The smallest absolute Gasteiger partial charge is 0.126 e. The van der Waals surface area contributed by atoms with Crippen molar-refractivity contribution in [1.29, 1.82) is 0 Å². The third-order valence-electron chi connectivity index (χ3n) is 1.89. The molecule has 13 heavy (non-hydrogen) atoms. The summed E-state index contributed by atoms with van der Waals surface area (Å²) in [5.41, 5.74) is 1.05. The van der Waals surface area contributed by atoms with E-state index >= 15 is 0 Å². The van der Waals surface area contributed by atoms with Crippen molar-refractivity contribution in [3.63, 3.8) is 0 Å². The Morgan fingerprint density at radius 2 is 2.31 bits per heavy atom. The van der Waals surface area contributed by atoms with Crippen LogP contribution >= 0.6 is 0 Å². The maximum absolute atomic E-state index is 12.8. The number of carbonyl (C=O) groups is 1. The molecule has 0 saturated heterocycles. The second-order valence-electron chi connectivity index (χ2n) is 2.93. The van der Waals surface area contributed by atoms with Crippen LogP contribution in [0.1, 0.15) is 23.7 Å². The fourth-order valence-electron chi connectivity index (χ4n) is 1.10. The van der Waals surface area contributed by atoms with Gasteiger partial charge in [-0.1, -0.05) is 12.1 Å². The largest absolute Gasteiger partial charge is 0.388 e. The molecule has 0 aliphatic heterocycles. The molecule has 0 aliphatic rings. The maximum Gasteiger partial charge on any atom is 0.126 e. The number of benzene rings is 1. The summed E-state index contributed by atoms with van der Waals surface area (Å²) in [6.07, 6.45) is -0.133. The number of carbonyl (C=O) groups excluding carboxylic acids is 1. The molecule has 3 heteroatoms. The van der Waals surface area contributed by atoms with Gasteiger partial charge in [0.25, 0.3) is 0 Å². The van der Waals surface area contributed by atoms with E-state index in [0.717, 1.165) is 0 Å². The molecule has 0 spiro atoms. The maximum atomic E-state index is 12.8. The number of aliphatic hydroxyl groups excluding tert-OH is 1. The Morgan fingerprint density at radius 1 is 1.62 bits per heavy atom. The summed E-state index contributed by atoms with van der Waals surface area (Å²) in [5.74, 6) is -0.304. The van der Waals surface area contributed by atoms with Crippen molar-refractivity contribution >= 4 is 6.29 Å². The Bertz CT molecular complexity index is 310. The van der Waals surface area contributed by atoms with Crippen molar-refractivity contribution in [3.8, 4) is 0 Å². The molecule has 1 rings (SSSR count). The zero-order valence-corrected chi connectivity index (χ0v) is 7.33. The van der Waals surface area contributed by atoms with Crippen LogP contribution in [0.5, 0.6) is 0 Å². The topological polar surface area (TPSA) is 37.3 Å². The van der Waals surface area contributed by atoms with E-state index in [1.165, 1.54) is 12.1 Å². The first-order valence-electron chi connectivity index (χ1n) is 4.03. The summed E-state index contributed by atoms with van der Waals surface area (Å²) in [4.78, 5) is 10.1. The minimum absolute atomic E-state index is 0.0467. The van der Waals surface area contributed by atoms with Gasteiger partial charge in [-0.05, 0) is 24.1 Å². The zero-order valence-electron chi connectivity index (χ0n) is 7.33. The third kappa shape index (κ3) is 2.36. The quantitative estimate of drug-likeness (QED) is 0.723. The van der Waals surface area contributed by atoms with Crippen LogP contribution < -0.4 is 0 Å². The molecule has 1 atom stereocenters. The van der Waals surface area contributed by atoms with Crippen molar-refractivity contribution in [2.45, 2.75) is 19.4 Å². The number of aldehydes is 1. The second kappa shape index (κ2) is 4.14. The minimum Gasteiger partial charge on any atom is -0.388 e. The van der Waals surface area contributed by atoms with Gasteiger partial charge in [0.05, 0.1) is 6.10 Å². The van der Waals surface area contributed by atoms with Gasteiger partial charge in [-0.2, -0.15) is 0 Å². The Labute approximate surface area is 76.0 Å². The molecule has 0 fully saturated rings. The zero-order chi connectivity index (χ0) is 9.84. The van der Waals surface area contributed by atoms with Crippen molar-refractivity contribution in [2.75, 3.05) is 0 Å². The first-order valence-corrected chi connectivity index (χ1v) is 4.03. The van der Waals surface area contributed by atoms with Crippen molar-refractivity contribution < 1.29 is 14.3 Å².